The number of amides is 1. The highest BCUT2D eigenvalue weighted by Gasteiger charge is 2.47. The number of hydrogen-bond acceptors (Lipinski definition) is 6. The molecule has 0 aliphatic carbocycles. The van der Waals surface area contributed by atoms with Crippen molar-refractivity contribution < 1.29 is 23.5 Å². The Kier molecular flexibility index (Phi) is 4.41. The topological polar surface area (TPSA) is 59.1 Å². The van der Waals surface area contributed by atoms with Crippen LogP contribution in [0.15, 0.2) is 12.1 Å². The van der Waals surface area contributed by atoms with E-state index < -0.39 is 12.2 Å². The van der Waals surface area contributed by atoms with Crippen LogP contribution < -0.4 is 14.5 Å². The van der Waals surface area contributed by atoms with Gasteiger partial charge in [-0.1, -0.05) is 0 Å². The van der Waals surface area contributed by atoms with Crippen molar-refractivity contribution in [1.82, 2.24) is 0 Å². The molecule has 0 N–H and O–H groups in total. The van der Waals surface area contributed by atoms with Gasteiger partial charge in [0.1, 0.15) is 36.1 Å². The highest BCUT2D eigenvalue weighted by atomic mass is 32.2. The normalized spacial score (nSPS) is 30.6. The maximum atomic E-state index is 15.1. The third-order valence-corrected chi connectivity index (χ3v) is 7.45. The quantitative estimate of drug-likeness (QED) is 0.764. The number of anilines is 2. The Hall–Kier alpha value is -1.96. The van der Waals surface area contributed by atoms with Gasteiger partial charge in [0.15, 0.2) is 0 Å². The van der Waals surface area contributed by atoms with Crippen molar-refractivity contribution >= 4 is 35.0 Å². The lowest BCUT2D eigenvalue weighted by atomic mass is 10.0. The maximum absolute atomic E-state index is 15.1. The van der Waals surface area contributed by atoms with E-state index in [4.69, 9.17) is 9.47 Å². The summed E-state index contributed by atoms with van der Waals surface area (Å²) in [5, 5.41) is 0. The molecule has 6 nitrogen and oxygen atoms in total. The van der Waals surface area contributed by atoms with Gasteiger partial charge in [-0.2, -0.15) is 11.8 Å². The van der Waals surface area contributed by atoms with Gasteiger partial charge in [0, 0.05) is 42.1 Å². The Labute approximate surface area is 167 Å². The largest absolute Gasteiger partial charge is 0.489 e. The Morgan fingerprint density at radius 3 is 2.71 bits per heavy atom. The number of thioether (sulfide) groups is 1. The molecule has 28 heavy (non-hydrogen) atoms. The first-order chi connectivity index (χ1) is 13.5. The molecule has 1 aromatic rings. The highest BCUT2D eigenvalue weighted by Crippen LogP contribution is 2.46. The number of ketones is 1. The zero-order valence-corrected chi connectivity index (χ0v) is 16.5. The van der Waals surface area contributed by atoms with Gasteiger partial charge < -0.3 is 19.2 Å². The van der Waals surface area contributed by atoms with Gasteiger partial charge in [-0.3, -0.25) is 4.90 Å². The predicted molar refractivity (Wildman–Crippen MR) is 105 cm³/mol. The van der Waals surface area contributed by atoms with E-state index in [0.717, 1.165) is 24.3 Å². The Morgan fingerprint density at radius 2 is 2.00 bits per heavy atom. The zero-order valence-electron chi connectivity index (χ0n) is 15.7. The molecule has 0 saturated carbocycles. The van der Waals surface area contributed by atoms with E-state index in [2.05, 4.69) is 4.90 Å². The molecular weight excluding hydrogens is 383 g/mol. The molecule has 2 bridgehead atoms. The van der Waals surface area contributed by atoms with Crippen LogP contribution in [0.25, 0.3) is 0 Å². The van der Waals surface area contributed by atoms with Crippen LogP contribution in [0.2, 0.25) is 0 Å². The van der Waals surface area contributed by atoms with Crippen LogP contribution in [0.5, 0.6) is 5.75 Å². The summed E-state index contributed by atoms with van der Waals surface area (Å²) in [6.07, 6.45) is 2.07. The zero-order chi connectivity index (χ0) is 19.4. The number of rotatable bonds is 4. The van der Waals surface area contributed by atoms with Crippen LogP contribution in [-0.2, 0) is 9.53 Å². The van der Waals surface area contributed by atoms with E-state index in [0.29, 0.717) is 42.0 Å². The minimum atomic E-state index is -0.496. The second-order valence-corrected chi connectivity index (χ2v) is 9.09. The number of fused-ring (bicyclic) bond motifs is 5. The molecule has 0 aromatic heterocycles. The number of benzene rings is 1. The number of hydrogen-bond donors (Lipinski definition) is 0. The predicted octanol–water partition coefficient (Wildman–Crippen LogP) is 3.37. The summed E-state index contributed by atoms with van der Waals surface area (Å²) < 4.78 is 26.6. The molecule has 0 radical (unpaired) electrons. The van der Waals surface area contributed by atoms with Crippen LogP contribution in [0.4, 0.5) is 20.6 Å². The monoisotopic (exact) mass is 406 g/mol. The van der Waals surface area contributed by atoms with Crippen LogP contribution in [0.3, 0.4) is 0 Å². The maximum Gasteiger partial charge on any atom is 0.415 e. The Balaban J connectivity index is 1.45. The molecule has 2 unspecified atom stereocenters. The molecule has 1 amide bonds. The lowest BCUT2D eigenvalue weighted by Crippen LogP contribution is -2.45. The van der Waals surface area contributed by atoms with Crippen molar-refractivity contribution in [2.75, 3.05) is 27.9 Å². The van der Waals surface area contributed by atoms with Gasteiger partial charge in [-0.15, -0.1) is 0 Å². The second kappa shape index (κ2) is 6.83. The van der Waals surface area contributed by atoms with Gasteiger partial charge in [0.05, 0.1) is 11.4 Å². The third kappa shape index (κ3) is 2.84. The van der Waals surface area contributed by atoms with Crippen molar-refractivity contribution in [3.63, 3.8) is 0 Å². The van der Waals surface area contributed by atoms with Gasteiger partial charge in [0.25, 0.3) is 0 Å². The van der Waals surface area contributed by atoms with Crippen molar-refractivity contribution in [1.29, 1.82) is 0 Å². The van der Waals surface area contributed by atoms with Crippen LogP contribution >= 0.6 is 11.8 Å². The summed E-state index contributed by atoms with van der Waals surface area (Å²) in [5.41, 5.74) is 0.997. The summed E-state index contributed by atoms with van der Waals surface area (Å²) in [4.78, 5) is 27.5. The Bertz CT molecular complexity index is 819. The first-order valence-corrected chi connectivity index (χ1v) is 11.0. The minimum Gasteiger partial charge on any atom is -0.489 e. The van der Waals surface area contributed by atoms with Crippen LogP contribution in [0, 0.1) is 5.82 Å². The molecule has 4 heterocycles. The molecule has 5 rings (SSSR count). The number of halogens is 1. The Morgan fingerprint density at radius 1 is 1.25 bits per heavy atom. The fraction of sp³-hybridized carbons (Fsp3) is 0.600. The van der Waals surface area contributed by atoms with E-state index in [1.165, 1.54) is 17.9 Å². The average molecular weight is 406 g/mol. The summed E-state index contributed by atoms with van der Waals surface area (Å²) in [6, 6.07) is 3.55. The number of Topliss-reactive ketones (excluding diaryl/α,β-unsaturated/α-hetero) is 1. The lowest BCUT2D eigenvalue weighted by molar-refractivity contribution is -0.117. The van der Waals surface area contributed by atoms with Crippen molar-refractivity contribution in [2.45, 2.75) is 56.8 Å². The van der Waals surface area contributed by atoms with E-state index in [1.54, 1.807) is 6.07 Å². The summed E-state index contributed by atoms with van der Waals surface area (Å²) in [5.74, 6) is 2.29. The number of ether oxygens (including phenoxy) is 2. The molecule has 4 atom stereocenters. The number of nitrogens with zero attached hydrogens (tertiary/aromatic N) is 2. The second-order valence-electron chi connectivity index (χ2n) is 8.01. The molecule has 1 aromatic carbocycles. The van der Waals surface area contributed by atoms with Gasteiger partial charge in [-0.25, -0.2) is 9.18 Å². The van der Waals surface area contributed by atoms with Crippen molar-refractivity contribution in [2.24, 2.45) is 0 Å². The molecule has 0 spiro atoms. The SMILES string of the molecule is CC(=O)CC[C@@H]1OC(=O)N2c3cc(F)c(N4C5CCC4CSC5)cc3OC[C@@H]12. The smallest absolute Gasteiger partial charge is 0.415 e. The third-order valence-electron chi connectivity index (χ3n) is 6.21. The number of carbonyl (C=O) groups excluding carboxylic acids is 2. The first kappa shape index (κ1) is 18.1. The number of carbonyl (C=O) groups is 2. The highest BCUT2D eigenvalue weighted by molar-refractivity contribution is 7.99. The molecule has 8 heteroatoms. The van der Waals surface area contributed by atoms with E-state index in [-0.39, 0.29) is 24.2 Å². The summed E-state index contributed by atoms with van der Waals surface area (Å²) >= 11 is 1.94. The molecule has 4 aliphatic heterocycles. The average Bonchev–Trinajstić information content (AvgIpc) is 3.11. The lowest BCUT2D eigenvalue weighted by Gasteiger charge is -2.38. The van der Waals surface area contributed by atoms with Gasteiger partial charge >= 0.3 is 6.09 Å². The summed E-state index contributed by atoms with van der Waals surface area (Å²) in [7, 11) is 0. The number of cyclic esters (lactones) is 1. The fourth-order valence-corrected chi connectivity index (χ4v) is 6.19. The molecule has 3 fully saturated rings. The molecule has 3 saturated heterocycles. The van der Waals surface area contributed by atoms with Gasteiger partial charge in [-0.05, 0) is 26.2 Å². The minimum absolute atomic E-state index is 0.0524. The molecule has 150 valence electrons. The first-order valence-electron chi connectivity index (χ1n) is 9.84. The van der Waals surface area contributed by atoms with Gasteiger partial charge in [0.2, 0.25) is 0 Å². The summed E-state index contributed by atoms with van der Waals surface area (Å²) in [6.45, 7) is 1.81. The van der Waals surface area contributed by atoms with Crippen molar-refractivity contribution in [3.8, 4) is 5.75 Å². The standard InChI is InChI=1S/C20H23FN2O4S/c1-11(24)2-5-18-17-8-26-19-7-15(22-12-3-4-13(22)10-28-9-12)14(21)6-16(19)23(17)20(25)27-18/h6-7,12-13,17-18H,2-5,8-10H2,1H3/t12?,13?,17-,18-/m0/s1. The van der Waals surface area contributed by atoms with E-state index in [9.17, 15) is 9.59 Å². The van der Waals surface area contributed by atoms with Crippen molar-refractivity contribution in [3.05, 3.63) is 17.9 Å². The molecular formula is C20H23FN2O4S. The molecule has 4 aliphatic rings. The fourth-order valence-electron chi connectivity index (χ4n) is 4.85. The van der Waals surface area contributed by atoms with E-state index in [1.807, 2.05) is 11.8 Å². The van der Waals surface area contributed by atoms with Crippen LogP contribution in [0.1, 0.15) is 32.6 Å². The van der Waals surface area contributed by atoms with Crippen LogP contribution in [-0.4, -0.2) is 54.2 Å². The van der Waals surface area contributed by atoms with E-state index >= 15 is 4.39 Å².